The lowest BCUT2D eigenvalue weighted by atomic mass is 10.0. The molecule has 1 aromatic heterocycles. The minimum Gasteiger partial charge on any atom is -0.445 e. The van der Waals surface area contributed by atoms with Crippen molar-refractivity contribution in [1.82, 2.24) is 9.55 Å². The minimum atomic E-state index is -0.544. The Morgan fingerprint density at radius 2 is 1.94 bits per heavy atom. The maximum atomic E-state index is 12.4. The highest BCUT2D eigenvalue weighted by atomic mass is 16.5. The number of nitrogen functional groups attached to an aromatic ring is 1. The summed E-state index contributed by atoms with van der Waals surface area (Å²) in [5.41, 5.74) is 10.6. The Morgan fingerprint density at radius 1 is 1.19 bits per heavy atom. The molecule has 0 aliphatic carbocycles. The number of anilines is 3. The second-order valence-corrected chi connectivity index (χ2v) is 7.22. The molecule has 0 atom stereocenters. The summed E-state index contributed by atoms with van der Waals surface area (Å²) in [5, 5.41) is 5.48. The van der Waals surface area contributed by atoms with Crippen LogP contribution in [0.15, 0.2) is 66.3 Å². The molecule has 1 aliphatic heterocycles. The summed E-state index contributed by atoms with van der Waals surface area (Å²) in [6.07, 6.45) is 3.22. The van der Waals surface area contributed by atoms with E-state index in [1.165, 1.54) is 6.08 Å². The van der Waals surface area contributed by atoms with Crippen molar-refractivity contribution >= 4 is 40.6 Å². The van der Waals surface area contributed by atoms with Crippen LogP contribution >= 0.6 is 0 Å². The SMILES string of the molecule is C=CCOC(=O)Nc1ccc2c(c1)N=C(c1ccc(NC(=O)c3nc(N)cn3C)cc1)C2. The average molecular weight is 430 g/mol. The van der Waals surface area contributed by atoms with Crippen molar-refractivity contribution in [3.8, 4) is 0 Å². The highest BCUT2D eigenvalue weighted by molar-refractivity contribution is 6.07. The molecule has 9 heteroatoms. The molecule has 4 N–H and O–H groups in total. The van der Waals surface area contributed by atoms with Crippen LogP contribution in [0, 0.1) is 0 Å². The summed E-state index contributed by atoms with van der Waals surface area (Å²) in [6, 6.07) is 13.0. The van der Waals surface area contributed by atoms with Gasteiger partial charge in [0.1, 0.15) is 12.4 Å². The fourth-order valence-electron chi connectivity index (χ4n) is 3.35. The van der Waals surface area contributed by atoms with E-state index in [1.807, 2.05) is 42.5 Å². The van der Waals surface area contributed by atoms with Gasteiger partial charge in [-0.05, 0) is 35.4 Å². The van der Waals surface area contributed by atoms with E-state index in [4.69, 9.17) is 15.5 Å². The molecular formula is C23H22N6O3. The summed E-state index contributed by atoms with van der Waals surface area (Å²) in [4.78, 5) is 32.8. The van der Waals surface area contributed by atoms with E-state index in [2.05, 4.69) is 22.2 Å². The monoisotopic (exact) mass is 430 g/mol. The Kier molecular flexibility index (Phi) is 5.71. The number of aliphatic imine (C=N–C) groups is 1. The van der Waals surface area contributed by atoms with Gasteiger partial charge in [0.2, 0.25) is 5.82 Å². The van der Waals surface area contributed by atoms with Crippen LogP contribution in [0.2, 0.25) is 0 Å². The molecule has 0 bridgehead atoms. The van der Waals surface area contributed by atoms with Gasteiger partial charge in [0.05, 0.1) is 11.4 Å². The summed E-state index contributed by atoms with van der Waals surface area (Å²) >= 11 is 0. The Labute approximate surface area is 184 Å². The zero-order chi connectivity index (χ0) is 22.7. The van der Waals surface area contributed by atoms with Gasteiger partial charge in [-0.25, -0.2) is 9.78 Å². The predicted molar refractivity (Wildman–Crippen MR) is 124 cm³/mol. The van der Waals surface area contributed by atoms with Crippen molar-refractivity contribution in [1.29, 1.82) is 0 Å². The van der Waals surface area contributed by atoms with Gasteiger partial charge in [-0.2, -0.15) is 0 Å². The highest BCUT2D eigenvalue weighted by Crippen LogP contribution is 2.32. The summed E-state index contributed by atoms with van der Waals surface area (Å²) in [5.74, 6) is 0.188. The fraction of sp³-hybridized carbons (Fsp3) is 0.130. The highest BCUT2D eigenvalue weighted by Gasteiger charge is 2.18. The van der Waals surface area contributed by atoms with Crippen LogP contribution in [-0.4, -0.2) is 33.9 Å². The van der Waals surface area contributed by atoms with Crippen molar-refractivity contribution in [3.63, 3.8) is 0 Å². The summed E-state index contributed by atoms with van der Waals surface area (Å²) < 4.78 is 6.51. The van der Waals surface area contributed by atoms with Gasteiger partial charge in [-0.3, -0.25) is 15.1 Å². The molecule has 9 nitrogen and oxygen atoms in total. The first-order valence-corrected chi connectivity index (χ1v) is 9.88. The molecule has 0 saturated carbocycles. The molecule has 0 unspecified atom stereocenters. The van der Waals surface area contributed by atoms with E-state index in [-0.39, 0.29) is 18.3 Å². The Morgan fingerprint density at radius 3 is 2.62 bits per heavy atom. The van der Waals surface area contributed by atoms with Crippen molar-refractivity contribution in [2.24, 2.45) is 12.0 Å². The number of hydrogen-bond donors (Lipinski definition) is 3. The number of nitrogens with two attached hydrogens (primary N) is 1. The van der Waals surface area contributed by atoms with Crippen molar-refractivity contribution < 1.29 is 14.3 Å². The summed E-state index contributed by atoms with van der Waals surface area (Å²) in [6.45, 7) is 3.65. The second kappa shape index (κ2) is 8.76. The number of hydrogen-bond acceptors (Lipinski definition) is 6. The van der Waals surface area contributed by atoms with E-state index >= 15 is 0 Å². The topological polar surface area (TPSA) is 124 Å². The smallest absolute Gasteiger partial charge is 0.411 e. The van der Waals surface area contributed by atoms with Crippen molar-refractivity contribution in [2.45, 2.75) is 6.42 Å². The number of nitrogens with one attached hydrogen (secondary N) is 2. The molecule has 2 amide bonds. The number of aryl methyl sites for hydroxylation is 1. The van der Waals surface area contributed by atoms with Gasteiger partial charge in [0, 0.05) is 31.0 Å². The lowest BCUT2D eigenvalue weighted by molar-refractivity contribution is 0.101. The number of fused-ring (bicyclic) bond motifs is 1. The zero-order valence-electron chi connectivity index (χ0n) is 17.5. The second-order valence-electron chi connectivity index (χ2n) is 7.22. The van der Waals surface area contributed by atoms with Crippen LogP contribution in [0.1, 0.15) is 21.7 Å². The summed E-state index contributed by atoms with van der Waals surface area (Å²) in [7, 11) is 1.71. The molecule has 1 aliphatic rings. The number of ether oxygens (including phenoxy) is 1. The van der Waals surface area contributed by atoms with E-state index in [0.717, 1.165) is 22.5 Å². The number of carbonyl (C=O) groups excluding carboxylic acids is 2. The first-order valence-electron chi connectivity index (χ1n) is 9.88. The molecule has 0 spiro atoms. The quantitative estimate of drug-likeness (QED) is 0.515. The molecule has 3 aromatic rings. The molecule has 0 radical (unpaired) electrons. The molecule has 32 heavy (non-hydrogen) atoms. The Bertz CT molecular complexity index is 1230. The Hall–Kier alpha value is -4.40. The number of amides is 2. The maximum Gasteiger partial charge on any atom is 0.411 e. The molecule has 2 heterocycles. The standard InChI is InChI=1S/C23H22N6O3/c1-3-10-32-23(31)26-17-9-6-15-11-18(27-19(15)12-17)14-4-7-16(8-5-14)25-22(30)21-28-20(24)13-29(21)2/h3-9,12-13H,1,10-11,24H2,2H3,(H,25,30)(H,26,31). The third-order valence-electron chi connectivity index (χ3n) is 4.85. The number of benzene rings is 2. The number of carbonyl (C=O) groups is 2. The number of aromatic nitrogens is 2. The van der Waals surface area contributed by atoms with Crippen molar-refractivity contribution in [2.75, 3.05) is 23.0 Å². The van der Waals surface area contributed by atoms with E-state index < -0.39 is 6.09 Å². The van der Waals surface area contributed by atoms with E-state index in [1.54, 1.807) is 17.8 Å². The van der Waals surface area contributed by atoms with Gasteiger partial charge in [-0.1, -0.05) is 30.9 Å². The van der Waals surface area contributed by atoms with E-state index in [0.29, 0.717) is 23.6 Å². The van der Waals surface area contributed by atoms with E-state index in [9.17, 15) is 9.59 Å². The van der Waals surface area contributed by atoms with Crippen molar-refractivity contribution in [3.05, 3.63) is 78.3 Å². The third kappa shape index (κ3) is 4.51. The molecular weight excluding hydrogens is 408 g/mol. The lowest BCUT2D eigenvalue weighted by Crippen LogP contribution is -2.16. The number of nitrogens with zero attached hydrogens (tertiary/aromatic N) is 3. The first-order chi connectivity index (χ1) is 15.4. The van der Waals surface area contributed by atoms with Crippen LogP contribution in [0.4, 0.5) is 27.7 Å². The molecule has 162 valence electrons. The van der Waals surface area contributed by atoms with Crippen LogP contribution in [0.3, 0.4) is 0 Å². The lowest BCUT2D eigenvalue weighted by Gasteiger charge is -2.06. The third-order valence-corrected chi connectivity index (χ3v) is 4.85. The van der Waals surface area contributed by atoms with Gasteiger partial charge >= 0.3 is 6.09 Å². The first kappa shape index (κ1) is 20.9. The average Bonchev–Trinajstić information content (AvgIpc) is 3.34. The Balaban J connectivity index is 1.43. The van der Waals surface area contributed by atoms with Crippen LogP contribution < -0.4 is 16.4 Å². The zero-order valence-corrected chi connectivity index (χ0v) is 17.5. The molecule has 0 fully saturated rings. The maximum absolute atomic E-state index is 12.4. The number of rotatable bonds is 6. The van der Waals surface area contributed by atoms with Gasteiger partial charge in [-0.15, -0.1) is 0 Å². The largest absolute Gasteiger partial charge is 0.445 e. The van der Waals surface area contributed by atoms with Crippen LogP contribution in [0.5, 0.6) is 0 Å². The minimum absolute atomic E-state index is 0.144. The molecule has 0 saturated heterocycles. The number of imidazole rings is 1. The molecule has 2 aromatic carbocycles. The molecule has 4 rings (SSSR count). The van der Waals surface area contributed by atoms with Gasteiger partial charge in [0.15, 0.2) is 0 Å². The van der Waals surface area contributed by atoms with Crippen LogP contribution in [-0.2, 0) is 18.2 Å². The van der Waals surface area contributed by atoms with Crippen LogP contribution in [0.25, 0.3) is 0 Å². The van der Waals surface area contributed by atoms with Gasteiger partial charge < -0.3 is 20.4 Å². The normalized spacial score (nSPS) is 12.0. The van der Waals surface area contributed by atoms with Gasteiger partial charge in [0.25, 0.3) is 5.91 Å². The predicted octanol–water partition coefficient (Wildman–Crippen LogP) is 3.67. The fourth-order valence-corrected chi connectivity index (χ4v) is 3.35.